The zero-order valence-corrected chi connectivity index (χ0v) is 12.3. The quantitative estimate of drug-likeness (QED) is 0.859. The molecule has 0 heterocycles. The van der Waals surface area contributed by atoms with Gasteiger partial charge in [-0.2, -0.15) is 0 Å². The van der Waals surface area contributed by atoms with Crippen LogP contribution in [-0.4, -0.2) is 22.2 Å². The van der Waals surface area contributed by atoms with Crippen LogP contribution in [0.2, 0.25) is 0 Å². The second-order valence-electron chi connectivity index (χ2n) is 5.32. The maximum Gasteiger partial charge on any atom is 0.310 e. The molecular weight excluding hydrogens is 280 g/mol. The lowest BCUT2D eigenvalue weighted by molar-refractivity contribution is -0.138. The standard InChI is InChI=1S/C18H18O4/c1-12(18(21)22)14-7-8-15(16(10-14)11-17(19)20)9-13-5-3-2-4-6-13/h2-8,10,12H,9,11H2,1H3,(H,19,20)(H,21,22). The molecule has 0 spiro atoms. The highest BCUT2D eigenvalue weighted by Crippen LogP contribution is 2.22. The van der Waals surface area contributed by atoms with Crippen LogP contribution in [-0.2, 0) is 22.4 Å². The van der Waals surface area contributed by atoms with Crippen molar-refractivity contribution in [3.63, 3.8) is 0 Å². The van der Waals surface area contributed by atoms with Crippen LogP contribution in [0.4, 0.5) is 0 Å². The predicted molar refractivity (Wildman–Crippen MR) is 83.1 cm³/mol. The molecule has 1 atom stereocenters. The lowest BCUT2D eigenvalue weighted by atomic mass is 9.92. The van der Waals surface area contributed by atoms with Crippen molar-refractivity contribution in [3.8, 4) is 0 Å². The molecule has 0 aliphatic heterocycles. The second kappa shape index (κ2) is 6.89. The fourth-order valence-electron chi connectivity index (χ4n) is 2.37. The molecule has 2 aromatic carbocycles. The van der Waals surface area contributed by atoms with Crippen LogP contribution in [0, 0.1) is 0 Å². The van der Waals surface area contributed by atoms with Gasteiger partial charge in [-0.3, -0.25) is 9.59 Å². The number of hydrogen-bond acceptors (Lipinski definition) is 2. The average Bonchev–Trinajstić information content (AvgIpc) is 2.48. The summed E-state index contributed by atoms with van der Waals surface area (Å²) in [5.74, 6) is -2.50. The van der Waals surface area contributed by atoms with Crippen molar-refractivity contribution in [2.45, 2.75) is 25.7 Å². The Morgan fingerprint density at radius 2 is 1.68 bits per heavy atom. The maximum absolute atomic E-state index is 11.1. The Balaban J connectivity index is 2.36. The lowest BCUT2D eigenvalue weighted by Crippen LogP contribution is -2.10. The van der Waals surface area contributed by atoms with Crippen molar-refractivity contribution in [2.75, 3.05) is 0 Å². The molecule has 4 nitrogen and oxygen atoms in total. The van der Waals surface area contributed by atoms with Gasteiger partial charge >= 0.3 is 11.9 Å². The first-order chi connectivity index (χ1) is 10.5. The van der Waals surface area contributed by atoms with Crippen molar-refractivity contribution in [2.24, 2.45) is 0 Å². The molecule has 0 amide bonds. The first kappa shape index (κ1) is 15.8. The minimum absolute atomic E-state index is 0.109. The van der Waals surface area contributed by atoms with E-state index in [9.17, 15) is 9.59 Å². The fraction of sp³-hybridized carbons (Fsp3) is 0.222. The Labute approximate surface area is 129 Å². The molecule has 22 heavy (non-hydrogen) atoms. The van der Waals surface area contributed by atoms with E-state index in [0.717, 1.165) is 11.1 Å². The van der Waals surface area contributed by atoms with E-state index >= 15 is 0 Å². The van der Waals surface area contributed by atoms with Crippen molar-refractivity contribution >= 4 is 11.9 Å². The highest BCUT2D eigenvalue weighted by molar-refractivity contribution is 5.76. The Morgan fingerprint density at radius 1 is 1.00 bits per heavy atom. The maximum atomic E-state index is 11.1. The SMILES string of the molecule is CC(C(=O)O)c1ccc(Cc2ccccc2)c(CC(=O)O)c1. The molecule has 0 saturated heterocycles. The molecular formula is C18H18O4. The van der Waals surface area contributed by atoms with Crippen molar-refractivity contribution in [1.82, 2.24) is 0 Å². The number of rotatable bonds is 6. The molecule has 2 N–H and O–H groups in total. The van der Waals surface area contributed by atoms with Crippen LogP contribution in [0.5, 0.6) is 0 Å². The molecule has 0 saturated carbocycles. The first-order valence-electron chi connectivity index (χ1n) is 7.07. The first-order valence-corrected chi connectivity index (χ1v) is 7.07. The Hall–Kier alpha value is -2.62. The zero-order valence-electron chi connectivity index (χ0n) is 12.3. The van der Waals surface area contributed by atoms with Gasteiger partial charge in [0.2, 0.25) is 0 Å². The third-order valence-electron chi connectivity index (χ3n) is 3.68. The van der Waals surface area contributed by atoms with E-state index in [2.05, 4.69) is 0 Å². The van der Waals surface area contributed by atoms with Gasteiger partial charge in [-0.05, 0) is 35.6 Å². The minimum Gasteiger partial charge on any atom is -0.481 e. The Kier molecular flexibility index (Phi) is 4.94. The summed E-state index contributed by atoms with van der Waals surface area (Å²) in [6.45, 7) is 1.60. The van der Waals surface area contributed by atoms with Crippen LogP contribution in [0.3, 0.4) is 0 Å². The van der Waals surface area contributed by atoms with Gasteiger partial charge in [-0.25, -0.2) is 0 Å². The van der Waals surface area contributed by atoms with E-state index in [1.807, 2.05) is 36.4 Å². The van der Waals surface area contributed by atoms with E-state index in [1.165, 1.54) is 0 Å². The third kappa shape index (κ3) is 3.95. The number of carbonyl (C=O) groups is 2. The van der Waals surface area contributed by atoms with E-state index in [-0.39, 0.29) is 6.42 Å². The summed E-state index contributed by atoms with van der Waals surface area (Å²) >= 11 is 0. The second-order valence-corrected chi connectivity index (χ2v) is 5.32. The van der Waals surface area contributed by atoms with E-state index < -0.39 is 17.9 Å². The van der Waals surface area contributed by atoms with Crippen LogP contribution < -0.4 is 0 Å². The van der Waals surface area contributed by atoms with Crippen LogP contribution in [0.1, 0.15) is 35.1 Å². The predicted octanol–water partition coefficient (Wildman–Crippen LogP) is 3.09. The largest absolute Gasteiger partial charge is 0.481 e. The third-order valence-corrected chi connectivity index (χ3v) is 3.68. The molecule has 2 aromatic rings. The molecule has 0 aliphatic carbocycles. The summed E-state index contributed by atoms with van der Waals surface area (Å²) in [6, 6.07) is 15.1. The number of carboxylic acid groups (broad SMARTS) is 2. The number of aliphatic carboxylic acids is 2. The number of benzene rings is 2. The highest BCUT2D eigenvalue weighted by Gasteiger charge is 2.16. The van der Waals surface area contributed by atoms with Gasteiger partial charge in [0.05, 0.1) is 12.3 Å². The van der Waals surface area contributed by atoms with E-state index in [0.29, 0.717) is 17.5 Å². The van der Waals surface area contributed by atoms with Gasteiger partial charge in [0, 0.05) is 0 Å². The van der Waals surface area contributed by atoms with Crippen molar-refractivity contribution < 1.29 is 19.8 Å². The molecule has 2 rings (SSSR count). The molecule has 0 bridgehead atoms. The van der Waals surface area contributed by atoms with Gasteiger partial charge < -0.3 is 10.2 Å². The fourth-order valence-corrected chi connectivity index (χ4v) is 2.37. The monoisotopic (exact) mass is 298 g/mol. The van der Waals surface area contributed by atoms with E-state index in [4.69, 9.17) is 10.2 Å². The summed E-state index contributed by atoms with van der Waals surface area (Å²) in [5, 5.41) is 18.2. The molecule has 0 aromatic heterocycles. The summed E-state index contributed by atoms with van der Waals surface area (Å²) in [7, 11) is 0. The van der Waals surface area contributed by atoms with E-state index in [1.54, 1.807) is 19.1 Å². The van der Waals surface area contributed by atoms with Crippen LogP contribution >= 0.6 is 0 Å². The van der Waals surface area contributed by atoms with Gasteiger partial charge in [-0.1, -0.05) is 48.5 Å². The zero-order chi connectivity index (χ0) is 16.1. The molecule has 0 radical (unpaired) electrons. The van der Waals surface area contributed by atoms with Crippen molar-refractivity contribution in [1.29, 1.82) is 0 Å². The lowest BCUT2D eigenvalue weighted by Gasteiger charge is -2.13. The normalized spacial score (nSPS) is 11.9. The van der Waals surface area contributed by atoms with Gasteiger partial charge in [-0.15, -0.1) is 0 Å². The highest BCUT2D eigenvalue weighted by atomic mass is 16.4. The van der Waals surface area contributed by atoms with Gasteiger partial charge in [0.25, 0.3) is 0 Å². The molecule has 0 aliphatic rings. The summed E-state index contributed by atoms with van der Waals surface area (Å²) in [6.07, 6.45) is 0.521. The van der Waals surface area contributed by atoms with Crippen LogP contribution in [0.15, 0.2) is 48.5 Å². The molecule has 114 valence electrons. The summed E-state index contributed by atoms with van der Waals surface area (Å²) in [4.78, 5) is 22.2. The number of carboxylic acids is 2. The smallest absolute Gasteiger partial charge is 0.310 e. The summed E-state index contributed by atoms with van der Waals surface area (Å²) < 4.78 is 0. The van der Waals surface area contributed by atoms with Crippen molar-refractivity contribution in [3.05, 3.63) is 70.8 Å². The number of hydrogen-bond donors (Lipinski definition) is 2. The Morgan fingerprint density at radius 3 is 2.27 bits per heavy atom. The summed E-state index contributed by atoms with van der Waals surface area (Å²) in [5.41, 5.74) is 3.30. The average molecular weight is 298 g/mol. The molecule has 4 heteroatoms. The van der Waals surface area contributed by atoms with Gasteiger partial charge in [0.1, 0.15) is 0 Å². The van der Waals surface area contributed by atoms with Crippen LogP contribution in [0.25, 0.3) is 0 Å². The Bertz CT molecular complexity index is 677. The van der Waals surface area contributed by atoms with Gasteiger partial charge in [0.15, 0.2) is 0 Å². The molecule has 0 fully saturated rings. The minimum atomic E-state index is -0.922. The topological polar surface area (TPSA) is 74.6 Å². The molecule has 1 unspecified atom stereocenters.